The molecule has 0 aliphatic carbocycles. The summed E-state index contributed by atoms with van der Waals surface area (Å²) in [7, 11) is 0. The minimum absolute atomic E-state index is 0.223. The molecule has 3 N–H and O–H groups in total. The highest BCUT2D eigenvalue weighted by atomic mass is 16.3. The highest BCUT2D eigenvalue weighted by Gasteiger charge is 2.08. The lowest BCUT2D eigenvalue weighted by molar-refractivity contribution is 0.480. The van der Waals surface area contributed by atoms with Crippen molar-refractivity contribution in [2.45, 2.75) is 13.5 Å². The average Bonchev–Trinajstić information content (AvgIpc) is 2.47. The normalized spacial score (nSPS) is 11.0. The molecule has 0 atom stereocenters. The van der Waals surface area contributed by atoms with Crippen LogP contribution in [0.3, 0.4) is 0 Å². The molecule has 0 amide bonds. The minimum atomic E-state index is 0.223. The Morgan fingerprint density at radius 3 is 3.00 bits per heavy atom. The van der Waals surface area contributed by atoms with Crippen LogP contribution in [-0.4, -0.2) is 21.2 Å². The monoisotopic (exact) mass is 191 g/mol. The third-order valence-electron chi connectivity index (χ3n) is 2.30. The first kappa shape index (κ1) is 9.02. The standard InChI is InChI=1S/C10H13N3O/c1-7-12-10-8(13(7)6-5-11)3-2-4-9(10)14/h2-4,14H,5-6,11H2,1H3. The summed E-state index contributed by atoms with van der Waals surface area (Å²) in [6.45, 7) is 3.21. The number of aromatic nitrogens is 2. The number of fused-ring (bicyclic) bond motifs is 1. The lowest BCUT2D eigenvalue weighted by atomic mass is 10.3. The summed E-state index contributed by atoms with van der Waals surface area (Å²) in [5.74, 6) is 1.10. The Bertz CT molecular complexity index is 462. The van der Waals surface area contributed by atoms with E-state index in [0.717, 1.165) is 17.9 Å². The fourth-order valence-corrected chi connectivity index (χ4v) is 1.66. The molecule has 4 nitrogen and oxygen atoms in total. The van der Waals surface area contributed by atoms with E-state index >= 15 is 0 Å². The van der Waals surface area contributed by atoms with Crippen LogP contribution in [0.4, 0.5) is 0 Å². The largest absolute Gasteiger partial charge is 0.506 e. The zero-order valence-electron chi connectivity index (χ0n) is 8.07. The first-order valence-electron chi connectivity index (χ1n) is 4.59. The fourth-order valence-electron chi connectivity index (χ4n) is 1.66. The molecule has 0 aliphatic heterocycles. The average molecular weight is 191 g/mol. The fraction of sp³-hybridized carbons (Fsp3) is 0.300. The van der Waals surface area contributed by atoms with E-state index < -0.39 is 0 Å². The highest BCUT2D eigenvalue weighted by Crippen LogP contribution is 2.24. The van der Waals surface area contributed by atoms with E-state index in [9.17, 15) is 5.11 Å². The van der Waals surface area contributed by atoms with Crippen LogP contribution in [0, 0.1) is 6.92 Å². The van der Waals surface area contributed by atoms with Crippen molar-refractivity contribution in [3.05, 3.63) is 24.0 Å². The Balaban J connectivity index is 2.70. The van der Waals surface area contributed by atoms with Gasteiger partial charge in [-0.05, 0) is 19.1 Å². The molecule has 1 aromatic carbocycles. The smallest absolute Gasteiger partial charge is 0.143 e. The van der Waals surface area contributed by atoms with Crippen molar-refractivity contribution < 1.29 is 5.11 Å². The number of phenols is 1. The third kappa shape index (κ3) is 1.24. The van der Waals surface area contributed by atoms with Crippen LogP contribution in [0.25, 0.3) is 11.0 Å². The van der Waals surface area contributed by atoms with Crippen LogP contribution in [0.15, 0.2) is 18.2 Å². The number of phenolic OH excluding ortho intramolecular Hbond substituents is 1. The lowest BCUT2D eigenvalue weighted by Crippen LogP contribution is -2.10. The van der Waals surface area contributed by atoms with Gasteiger partial charge in [-0.15, -0.1) is 0 Å². The number of benzene rings is 1. The van der Waals surface area contributed by atoms with Gasteiger partial charge in [0.1, 0.15) is 17.1 Å². The van der Waals surface area contributed by atoms with E-state index in [2.05, 4.69) is 4.98 Å². The number of aromatic hydroxyl groups is 1. The maximum atomic E-state index is 9.57. The minimum Gasteiger partial charge on any atom is -0.506 e. The Morgan fingerprint density at radius 1 is 1.50 bits per heavy atom. The maximum absolute atomic E-state index is 9.57. The zero-order valence-corrected chi connectivity index (χ0v) is 8.07. The highest BCUT2D eigenvalue weighted by molar-refractivity contribution is 5.82. The molecule has 0 saturated carbocycles. The molecule has 74 valence electrons. The van der Waals surface area contributed by atoms with Crippen molar-refractivity contribution in [3.63, 3.8) is 0 Å². The van der Waals surface area contributed by atoms with Crippen molar-refractivity contribution in [2.75, 3.05) is 6.54 Å². The van der Waals surface area contributed by atoms with Gasteiger partial charge in [-0.25, -0.2) is 4.98 Å². The molecule has 1 aromatic heterocycles. The molecule has 2 aromatic rings. The van der Waals surface area contributed by atoms with Crippen molar-refractivity contribution in [3.8, 4) is 5.75 Å². The lowest BCUT2D eigenvalue weighted by Gasteiger charge is -2.03. The molecule has 14 heavy (non-hydrogen) atoms. The predicted molar refractivity (Wildman–Crippen MR) is 55.2 cm³/mol. The van der Waals surface area contributed by atoms with Crippen LogP contribution < -0.4 is 5.73 Å². The van der Waals surface area contributed by atoms with Gasteiger partial charge in [0.2, 0.25) is 0 Å². The first-order valence-corrected chi connectivity index (χ1v) is 4.59. The second-order valence-corrected chi connectivity index (χ2v) is 3.24. The summed E-state index contributed by atoms with van der Waals surface area (Å²) in [5, 5.41) is 9.57. The van der Waals surface area contributed by atoms with Gasteiger partial charge < -0.3 is 15.4 Å². The summed E-state index contributed by atoms with van der Waals surface area (Å²) < 4.78 is 2.01. The van der Waals surface area contributed by atoms with Crippen molar-refractivity contribution in [1.29, 1.82) is 0 Å². The van der Waals surface area contributed by atoms with Crippen molar-refractivity contribution >= 4 is 11.0 Å². The number of nitrogens with two attached hydrogens (primary N) is 1. The van der Waals surface area contributed by atoms with Gasteiger partial charge in [-0.3, -0.25) is 0 Å². The van der Waals surface area contributed by atoms with Crippen LogP contribution in [-0.2, 0) is 6.54 Å². The van der Waals surface area contributed by atoms with Crippen molar-refractivity contribution in [1.82, 2.24) is 9.55 Å². The summed E-state index contributed by atoms with van der Waals surface area (Å²) in [4.78, 5) is 4.29. The summed E-state index contributed by atoms with van der Waals surface area (Å²) in [6, 6.07) is 5.39. The van der Waals surface area contributed by atoms with Gasteiger partial charge in [0, 0.05) is 13.1 Å². The molecule has 2 rings (SSSR count). The molecular formula is C10H13N3O. The quantitative estimate of drug-likeness (QED) is 0.744. The molecule has 0 spiro atoms. The Morgan fingerprint density at radius 2 is 2.29 bits per heavy atom. The number of para-hydroxylation sites is 1. The number of aryl methyl sites for hydroxylation is 1. The second kappa shape index (κ2) is 3.31. The van der Waals surface area contributed by atoms with Crippen LogP contribution in [0.1, 0.15) is 5.82 Å². The SMILES string of the molecule is Cc1nc2c(O)cccc2n1CCN. The van der Waals surface area contributed by atoms with Crippen LogP contribution in [0.2, 0.25) is 0 Å². The van der Waals surface area contributed by atoms with Gasteiger partial charge in [-0.2, -0.15) is 0 Å². The van der Waals surface area contributed by atoms with E-state index in [0.29, 0.717) is 12.1 Å². The predicted octanol–water partition coefficient (Wildman–Crippen LogP) is 1.01. The van der Waals surface area contributed by atoms with Gasteiger partial charge in [0.25, 0.3) is 0 Å². The van der Waals surface area contributed by atoms with Crippen molar-refractivity contribution in [2.24, 2.45) is 5.73 Å². The molecule has 0 fully saturated rings. The molecule has 0 unspecified atom stereocenters. The van der Waals surface area contributed by atoms with E-state index in [1.54, 1.807) is 6.07 Å². The number of nitrogens with zero attached hydrogens (tertiary/aromatic N) is 2. The maximum Gasteiger partial charge on any atom is 0.143 e. The summed E-state index contributed by atoms with van der Waals surface area (Å²) in [5.41, 5.74) is 7.10. The molecule has 0 saturated heterocycles. The van der Waals surface area contributed by atoms with Gasteiger partial charge in [0.15, 0.2) is 0 Å². The topological polar surface area (TPSA) is 64.1 Å². The summed E-state index contributed by atoms with van der Waals surface area (Å²) >= 11 is 0. The first-order chi connectivity index (χ1) is 6.74. The molecule has 0 aliphatic rings. The second-order valence-electron chi connectivity index (χ2n) is 3.24. The van der Waals surface area contributed by atoms with Gasteiger partial charge in [0.05, 0.1) is 5.52 Å². The van der Waals surface area contributed by atoms with Gasteiger partial charge in [-0.1, -0.05) is 6.07 Å². The molecular weight excluding hydrogens is 178 g/mol. The number of hydrogen-bond donors (Lipinski definition) is 2. The van der Waals surface area contributed by atoms with E-state index in [4.69, 9.17) is 5.73 Å². The molecule has 0 radical (unpaired) electrons. The summed E-state index contributed by atoms with van der Waals surface area (Å²) in [6.07, 6.45) is 0. The zero-order chi connectivity index (χ0) is 10.1. The Labute approximate surface area is 82.0 Å². The van der Waals surface area contributed by atoms with E-state index in [-0.39, 0.29) is 5.75 Å². The van der Waals surface area contributed by atoms with E-state index in [1.165, 1.54) is 0 Å². The van der Waals surface area contributed by atoms with Crippen LogP contribution >= 0.6 is 0 Å². The Hall–Kier alpha value is -1.55. The van der Waals surface area contributed by atoms with Gasteiger partial charge >= 0.3 is 0 Å². The van der Waals surface area contributed by atoms with Crippen LogP contribution in [0.5, 0.6) is 5.75 Å². The number of imidazole rings is 1. The number of rotatable bonds is 2. The molecule has 0 bridgehead atoms. The molecule has 4 heteroatoms. The Kier molecular flexibility index (Phi) is 2.13. The number of hydrogen-bond acceptors (Lipinski definition) is 3. The molecule has 1 heterocycles. The third-order valence-corrected chi connectivity index (χ3v) is 2.30. The van der Waals surface area contributed by atoms with E-state index in [1.807, 2.05) is 23.6 Å².